The molecule has 2 fully saturated rings. The number of rotatable bonds is 12. The van der Waals surface area contributed by atoms with Gasteiger partial charge in [0.25, 0.3) is 11.8 Å². The zero-order chi connectivity index (χ0) is 40.2. The summed E-state index contributed by atoms with van der Waals surface area (Å²) in [6, 6.07) is 11.1. The topological polar surface area (TPSA) is 187 Å². The number of piperidine rings is 1. The third-order valence-corrected chi connectivity index (χ3v) is 11.4. The minimum absolute atomic E-state index is 0.0750. The largest absolute Gasteiger partial charge is 0.493 e. The van der Waals surface area contributed by atoms with Crippen molar-refractivity contribution in [1.82, 2.24) is 9.47 Å². The Hall–Kier alpha value is -5.65. The standard InChI is InChI=1S/C40H45N5O11S/c1-43-22-25(19-29(43)36(47)42-24-12-13-32-23(17-24)18-33(57-32)39(49)53-3)41-34(46)10-8-16-54-31-21-28-26(20-30(31)52-2)37(48)44-14-6-4-9-27(44)38(45(28)40(50)51)56-35-11-5-7-15-55-35/h12-13,17-22,27,35,38H,4-11,14-16H2,1-3H3,(H,41,46)(H,42,47)(H,50,51)/t27-,35?,38?/m0/s1. The summed E-state index contributed by atoms with van der Waals surface area (Å²) in [5.74, 6) is -0.969. The summed E-state index contributed by atoms with van der Waals surface area (Å²) < 4.78 is 31.2. The third kappa shape index (κ3) is 8.55. The smallest absolute Gasteiger partial charge is 0.414 e. The summed E-state index contributed by atoms with van der Waals surface area (Å²) in [6.07, 6.45) is 3.74. The van der Waals surface area contributed by atoms with Crippen LogP contribution in [0.1, 0.15) is 81.9 Å². The molecule has 3 aliphatic heterocycles. The average molecular weight is 804 g/mol. The predicted molar refractivity (Wildman–Crippen MR) is 211 cm³/mol. The van der Waals surface area contributed by atoms with Crippen LogP contribution in [0.2, 0.25) is 0 Å². The fraction of sp³-hybridized carbons (Fsp3) is 0.425. The minimum atomic E-state index is -1.28. The van der Waals surface area contributed by atoms with E-state index >= 15 is 0 Å². The van der Waals surface area contributed by atoms with Gasteiger partial charge in [0.2, 0.25) is 5.91 Å². The Balaban J connectivity index is 0.991. The SMILES string of the molecule is COC(=O)c1cc2cc(NC(=O)c3cc(NC(=O)CCCOc4cc5c(cc4OC)C(=O)N4CCCC[C@H]4C(OC4CCCCO4)N5C(=O)O)cn3C)ccc2s1. The second kappa shape index (κ2) is 17.2. The molecule has 0 bridgehead atoms. The first-order valence-corrected chi connectivity index (χ1v) is 19.7. The fourth-order valence-electron chi connectivity index (χ4n) is 7.51. The molecule has 0 saturated carbocycles. The predicted octanol–water partition coefficient (Wildman–Crippen LogP) is 6.45. The van der Waals surface area contributed by atoms with E-state index in [4.69, 9.17) is 23.7 Å². The van der Waals surface area contributed by atoms with Crippen molar-refractivity contribution in [3.8, 4) is 11.5 Å². The number of anilines is 3. The summed E-state index contributed by atoms with van der Waals surface area (Å²) in [7, 11) is 4.46. The number of nitrogens with one attached hydrogen (secondary N) is 2. The molecule has 57 heavy (non-hydrogen) atoms. The molecule has 0 radical (unpaired) electrons. The minimum Gasteiger partial charge on any atom is -0.493 e. The molecular weight excluding hydrogens is 759 g/mol. The molecule has 3 N–H and O–H groups in total. The van der Waals surface area contributed by atoms with Gasteiger partial charge < -0.3 is 48.9 Å². The van der Waals surface area contributed by atoms with Crippen LogP contribution in [0, 0.1) is 0 Å². The summed E-state index contributed by atoms with van der Waals surface area (Å²) in [6.45, 7) is 1.06. The third-order valence-electron chi connectivity index (χ3n) is 10.3. The van der Waals surface area contributed by atoms with Crippen molar-refractivity contribution in [2.24, 2.45) is 7.05 Å². The van der Waals surface area contributed by atoms with Crippen molar-refractivity contribution >= 4 is 68.3 Å². The first-order chi connectivity index (χ1) is 27.5. The molecule has 2 aromatic heterocycles. The Morgan fingerprint density at radius 3 is 2.54 bits per heavy atom. The van der Waals surface area contributed by atoms with Gasteiger partial charge in [-0.3, -0.25) is 14.4 Å². The Morgan fingerprint density at radius 2 is 1.79 bits per heavy atom. The monoisotopic (exact) mass is 803 g/mol. The number of aromatic nitrogens is 1. The van der Waals surface area contributed by atoms with Gasteiger partial charge in [0, 0.05) is 49.3 Å². The maximum Gasteiger partial charge on any atom is 0.414 e. The lowest BCUT2D eigenvalue weighted by atomic mass is 10.00. The molecule has 302 valence electrons. The molecule has 7 rings (SSSR count). The Morgan fingerprint density at radius 1 is 0.965 bits per heavy atom. The van der Waals surface area contributed by atoms with Crippen molar-refractivity contribution in [2.75, 3.05) is 49.5 Å². The van der Waals surface area contributed by atoms with E-state index in [1.165, 1.54) is 37.7 Å². The van der Waals surface area contributed by atoms with Gasteiger partial charge in [-0.15, -0.1) is 11.3 Å². The lowest BCUT2D eigenvalue weighted by molar-refractivity contribution is -0.198. The van der Waals surface area contributed by atoms with E-state index < -0.39 is 30.6 Å². The van der Waals surface area contributed by atoms with Crippen molar-refractivity contribution in [2.45, 2.75) is 69.9 Å². The van der Waals surface area contributed by atoms with Crippen molar-refractivity contribution in [3.05, 3.63) is 64.8 Å². The van der Waals surface area contributed by atoms with Crippen molar-refractivity contribution < 1.29 is 52.8 Å². The number of amides is 4. The zero-order valence-corrected chi connectivity index (χ0v) is 32.7. The van der Waals surface area contributed by atoms with Gasteiger partial charge in [0.15, 0.2) is 24.0 Å². The molecule has 3 aliphatic rings. The van der Waals surface area contributed by atoms with Crippen LogP contribution in [0.25, 0.3) is 10.1 Å². The molecule has 4 amide bonds. The normalized spacial score (nSPS) is 19.3. The number of benzene rings is 2. The van der Waals surface area contributed by atoms with Crippen LogP contribution in [-0.4, -0.2) is 96.9 Å². The summed E-state index contributed by atoms with van der Waals surface area (Å²) >= 11 is 1.30. The number of aryl methyl sites for hydroxylation is 1. The maximum absolute atomic E-state index is 14.0. The van der Waals surface area contributed by atoms with Gasteiger partial charge in [-0.1, -0.05) is 0 Å². The van der Waals surface area contributed by atoms with Crippen LogP contribution >= 0.6 is 11.3 Å². The molecule has 2 aromatic carbocycles. The number of fused-ring (bicyclic) bond motifs is 3. The number of methoxy groups -OCH3 is 2. The highest BCUT2D eigenvalue weighted by Gasteiger charge is 2.46. The molecule has 16 nitrogen and oxygen atoms in total. The van der Waals surface area contributed by atoms with Crippen LogP contribution in [0.3, 0.4) is 0 Å². The number of nitrogens with zero attached hydrogens (tertiary/aromatic N) is 3. The van der Waals surface area contributed by atoms with E-state index in [9.17, 15) is 29.1 Å². The molecule has 5 heterocycles. The number of hydrogen-bond donors (Lipinski definition) is 3. The van der Waals surface area contributed by atoms with Gasteiger partial charge >= 0.3 is 12.1 Å². The lowest BCUT2D eigenvalue weighted by Gasteiger charge is -2.42. The van der Waals surface area contributed by atoms with Gasteiger partial charge in [0.05, 0.1) is 43.8 Å². The summed E-state index contributed by atoms with van der Waals surface area (Å²) in [4.78, 5) is 68.3. The molecule has 2 saturated heterocycles. The number of carbonyl (C=O) groups is 5. The highest BCUT2D eigenvalue weighted by Crippen LogP contribution is 2.42. The van der Waals surface area contributed by atoms with Crippen LogP contribution in [0.4, 0.5) is 21.9 Å². The van der Waals surface area contributed by atoms with Crippen LogP contribution < -0.4 is 25.0 Å². The number of thiophene rings is 1. The Kier molecular flexibility index (Phi) is 12.0. The van der Waals surface area contributed by atoms with E-state index in [1.807, 2.05) is 6.07 Å². The van der Waals surface area contributed by atoms with Crippen LogP contribution in [-0.2, 0) is 26.1 Å². The Labute approximate surface area is 332 Å². The fourth-order valence-corrected chi connectivity index (χ4v) is 8.48. The van der Waals surface area contributed by atoms with E-state index in [0.717, 1.165) is 40.7 Å². The molecule has 2 unspecified atom stereocenters. The van der Waals surface area contributed by atoms with E-state index in [1.54, 1.807) is 47.0 Å². The first-order valence-electron chi connectivity index (χ1n) is 18.9. The number of hydrogen-bond acceptors (Lipinski definition) is 11. The molecule has 3 atom stereocenters. The highest BCUT2D eigenvalue weighted by atomic mass is 32.1. The van der Waals surface area contributed by atoms with E-state index in [-0.39, 0.29) is 59.9 Å². The maximum atomic E-state index is 14.0. The quantitative estimate of drug-likeness (QED) is 0.106. The lowest BCUT2D eigenvalue weighted by Crippen LogP contribution is -2.57. The van der Waals surface area contributed by atoms with Crippen molar-refractivity contribution in [3.63, 3.8) is 0 Å². The molecule has 17 heteroatoms. The van der Waals surface area contributed by atoms with Crippen LogP contribution in [0.15, 0.2) is 48.7 Å². The van der Waals surface area contributed by atoms with Gasteiger partial charge in [0.1, 0.15) is 10.6 Å². The Bertz CT molecular complexity index is 2180. The molecule has 0 aliphatic carbocycles. The van der Waals surface area contributed by atoms with Crippen molar-refractivity contribution in [1.29, 1.82) is 0 Å². The summed E-state index contributed by atoms with van der Waals surface area (Å²) in [5, 5.41) is 17.1. The number of carbonyl (C=O) groups excluding carboxylic acids is 4. The van der Waals surface area contributed by atoms with Gasteiger partial charge in [-0.2, -0.15) is 0 Å². The first kappa shape index (κ1) is 39.6. The second-order valence-corrected chi connectivity index (χ2v) is 15.2. The van der Waals surface area contributed by atoms with Crippen LogP contribution in [0.5, 0.6) is 11.5 Å². The summed E-state index contributed by atoms with van der Waals surface area (Å²) in [5.41, 5.74) is 1.58. The number of ether oxygens (including phenoxy) is 5. The second-order valence-electron chi connectivity index (χ2n) is 14.1. The zero-order valence-electron chi connectivity index (χ0n) is 31.9. The highest BCUT2D eigenvalue weighted by molar-refractivity contribution is 7.20. The number of carboxylic acid groups (broad SMARTS) is 1. The van der Waals surface area contributed by atoms with Gasteiger partial charge in [-0.25, -0.2) is 14.5 Å². The van der Waals surface area contributed by atoms with Gasteiger partial charge in [-0.05, 0) is 86.7 Å². The molecule has 0 spiro atoms. The average Bonchev–Trinajstić information content (AvgIpc) is 3.79. The van der Waals surface area contributed by atoms with E-state index in [0.29, 0.717) is 47.9 Å². The molecule has 4 aromatic rings. The molecular formula is C40H45N5O11S. The number of esters is 1. The van der Waals surface area contributed by atoms with E-state index in [2.05, 4.69) is 10.6 Å².